The van der Waals surface area contributed by atoms with Crippen molar-refractivity contribution >= 4 is 5.91 Å². The lowest BCUT2D eigenvalue weighted by Crippen LogP contribution is -2.30. The summed E-state index contributed by atoms with van der Waals surface area (Å²) in [4.78, 5) is 19.8. The van der Waals surface area contributed by atoms with Crippen LogP contribution in [-0.2, 0) is 12.6 Å². The van der Waals surface area contributed by atoms with Gasteiger partial charge in [0, 0.05) is 30.4 Å². The Bertz CT molecular complexity index is 1000. The van der Waals surface area contributed by atoms with E-state index in [0.717, 1.165) is 36.4 Å². The monoisotopic (exact) mass is 387 g/mol. The van der Waals surface area contributed by atoms with Crippen LogP contribution in [0.15, 0.2) is 49.1 Å². The normalized spacial score (nSPS) is 16.5. The van der Waals surface area contributed by atoms with Gasteiger partial charge in [-0.15, -0.1) is 0 Å². The Labute approximate surface area is 158 Å². The maximum Gasteiger partial charge on any atom is 0.433 e. The molecule has 9 heteroatoms. The summed E-state index contributed by atoms with van der Waals surface area (Å²) >= 11 is 0. The van der Waals surface area contributed by atoms with Gasteiger partial charge in [0.1, 0.15) is 5.69 Å². The Morgan fingerprint density at radius 2 is 2.11 bits per heavy atom. The van der Waals surface area contributed by atoms with Crippen molar-refractivity contribution < 1.29 is 18.0 Å². The molecule has 144 valence electrons. The molecule has 4 rings (SSSR count). The molecule has 1 aliphatic carbocycles. The van der Waals surface area contributed by atoms with E-state index in [1.54, 1.807) is 24.5 Å². The fraction of sp³-hybridized carbons (Fsp3) is 0.263. The third-order valence-corrected chi connectivity index (χ3v) is 4.63. The van der Waals surface area contributed by atoms with Crippen molar-refractivity contribution in [3.8, 4) is 5.69 Å². The quantitative estimate of drug-likeness (QED) is 0.747. The van der Waals surface area contributed by atoms with Crippen LogP contribution in [0.5, 0.6) is 0 Å². The van der Waals surface area contributed by atoms with Crippen molar-refractivity contribution in [2.45, 2.75) is 31.5 Å². The molecule has 0 spiro atoms. The molecule has 6 nitrogen and oxygen atoms in total. The van der Waals surface area contributed by atoms with Crippen LogP contribution < -0.4 is 5.32 Å². The Balaban J connectivity index is 1.61. The third kappa shape index (κ3) is 3.60. The zero-order valence-electron chi connectivity index (χ0n) is 14.6. The number of hydrogen-bond acceptors (Lipinski definition) is 4. The number of nitrogens with zero attached hydrogens (tertiary/aromatic N) is 4. The van der Waals surface area contributed by atoms with Gasteiger partial charge in [-0.05, 0) is 43.5 Å². The Hall–Kier alpha value is -3.23. The molecule has 3 aromatic rings. The highest BCUT2D eigenvalue weighted by molar-refractivity contribution is 5.94. The summed E-state index contributed by atoms with van der Waals surface area (Å²) in [5, 5.41) is 7.40. The van der Waals surface area contributed by atoms with Crippen molar-refractivity contribution in [3.63, 3.8) is 0 Å². The van der Waals surface area contributed by atoms with E-state index in [1.807, 2.05) is 0 Å². The highest BCUT2D eigenvalue weighted by Gasteiger charge is 2.33. The van der Waals surface area contributed by atoms with E-state index in [0.29, 0.717) is 12.0 Å². The van der Waals surface area contributed by atoms with Crippen molar-refractivity contribution in [2.75, 3.05) is 0 Å². The number of carbonyl (C=O) groups excluding carboxylic acids is 1. The summed E-state index contributed by atoms with van der Waals surface area (Å²) in [6.45, 7) is 0. The lowest BCUT2D eigenvalue weighted by molar-refractivity contribution is -0.141. The molecule has 3 heterocycles. The van der Waals surface area contributed by atoms with Gasteiger partial charge in [0.15, 0.2) is 0 Å². The molecule has 0 saturated heterocycles. The number of fused-ring (bicyclic) bond motifs is 1. The number of pyridine rings is 2. The molecule has 0 bridgehead atoms. The van der Waals surface area contributed by atoms with Gasteiger partial charge in [0.05, 0.1) is 23.0 Å². The average molecular weight is 387 g/mol. The summed E-state index contributed by atoms with van der Waals surface area (Å²) < 4.78 is 40.2. The van der Waals surface area contributed by atoms with Crippen LogP contribution in [0.3, 0.4) is 0 Å². The first-order chi connectivity index (χ1) is 13.4. The molecule has 0 fully saturated rings. The zero-order chi connectivity index (χ0) is 19.7. The number of carbonyl (C=O) groups is 1. The van der Waals surface area contributed by atoms with Crippen LogP contribution in [0.2, 0.25) is 0 Å². The molecule has 28 heavy (non-hydrogen) atoms. The summed E-state index contributed by atoms with van der Waals surface area (Å²) in [6.07, 6.45) is 3.60. The summed E-state index contributed by atoms with van der Waals surface area (Å²) in [7, 11) is 0. The van der Waals surface area contributed by atoms with Crippen LogP contribution in [0.1, 0.15) is 46.2 Å². The van der Waals surface area contributed by atoms with Gasteiger partial charge in [-0.3, -0.25) is 14.8 Å². The van der Waals surface area contributed by atoms with E-state index in [4.69, 9.17) is 0 Å². The summed E-state index contributed by atoms with van der Waals surface area (Å²) in [5.74, 6) is -0.248. The fourth-order valence-corrected chi connectivity index (χ4v) is 3.28. The first kappa shape index (κ1) is 18.1. The van der Waals surface area contributed by atoms with Gasteiger partial charge in [0.25, 0.3) is 5.91 Å². The number of nitrogens with one attached hydrogen (secondary N) is 1. The minimum Gasteiger partial charge on any atom is -0.345 e. The van der Waals surface area contributed by atoms with Gasteiger partial charge >= 0.3 is 6.18 Å². The van der Waals surface area contributed by atoms with Crippen LogP contribution in [0.4, 0.5) is 13.2 Å². The Morgan fingerprint density at radius 1 is 1.25 bits per heavy atom. The van der Waals surface area contributed by atoms with Gasteiger partial charge in [0.2, 0.25) is 0 Å². The minimum atomic E-state index is -4.52. The third-order valence-electron chi connectivity index (χ3n) is 4.63. The molecule has 1 atom stereocenters. The highest BCUT2D eigenvalue weighted by Crippen LogP contribution is 2.32. The molecule has 1 aliphatic rings. The molecule has 3 aromatic heterocycles. The molecule has 0 saturated carbocycles. The Kier molecular flexibility index (Phi) is 4.58. The standard InChI is InChI=1S/C19H16F3N5O/c20-19(21,22)17-9-13(6-8-24-17)27-11-14-15(4-1-5-16(14)26-27)25-18(28)12-3-2-7-23-10-12/h2-3,6-11,15H,1,4-5H2,(H,25,28)/t15-/m0/s1. The lowest BCUT2D eigenvalue weighted by Gasteiger charge is -2.22. The van der Waals surface area contributed by atoms with Crippen molar-refractivity contribution in [2.24, 2.45) is 0 Å². The number of rotatable bonds is 3. The van der Waals surface area contributed by atoms with Gasteiger partial charge in [-0.2, -0.15) is 18.3 Å². The minimum absolute atomic E-state index is 0.248. The van der Waals surface area contributed by atoms with E-state index in [-0.39, 0.29) is 17.6 Å². The van der Waals surface area contributed by atoms with E-state index >= 15 is 0 Å². The first-order valence-corrected chi connectivity index (χ1v) is 8.75. The molecule has 0 radical (unpaired) electrons. The maximum atomic E-state index is 12.9. The van der Waals surface area contributed by atoms with Gasteiger partial charge in [-0.1, -0.05) is 0 Å². The largest absolute Gasteiger partial charge is 0.433 e. The van der Waals surface area contributed by atoms with Gasteiger partial charge in [-0.25, -0.2) is 4.68 Å². The number of alkyl halides is 3. The smallest absolute Gasteiger partial charge is 0.345 e. The van der Waals surface area contributed by atoms with Crippen LogP contribution >= 0.6 is 0 Å². The molecule has 1 amide bonds. The summed E-state index contributed by atoms with van der Waals surface area (Å²) in [6, 6.07) is 5.53. The number of aryl methyl sites for hydroxylation is 1. The topological polar surface area (TPSA) is 72.7 Å². The molecule has 0 unspecified atom stereocenters. The molecule has 1 N–H and O–H groups in total. The lowest BCUT2D eigenvalue weighted by atomic mass is 9.93. The van der Waals surface area contributed by atoms with Crippen molar-refractivity contribution in [1.29, 1.82) is 0 Å². The molecule has 0 aliphatic heterocycles. The Morgan fingerprint density at radius 3 is 2.86 bits per heavy atom. The predicted molar refractivity (Wildman–Crippen MR) is 93.7 cm³/mol. The van der Waals surface area contributed by atoms with Gasteiger partial charge < -0.3 is 5.32 Å². The van der Waals surface area contributed by atoms with E-state index < -0.39 is 11.9 Å². The number of hydrogen-bond donors (Lipinski definition) is 1. The molecule has 0 aromatic carbocycles. The highest BCUT2D eigenvalue weighted by atomic mass is 19.4. The maximum absolute atomic E-state index is 12.9. The second kappa shape index (κ2) is 7.06. The number of aromatic nitrogens is 4. The van der Waals surface area contributed by atoms with Crippen molar-refractivity contribution in [3.05, 3.63) is 71.6 Å². The number of amides is 1. The fourth-order valence-electron chi connectivity index (χ4n) is 3.28. The van der Waals surface area contributed by atoms with Crippen molar-refractivity contribution in [1.82, 2.24) is 25.1 Å². The SMILES string of the molecule is O=C(N[C@H]1CCCc2nn(-c3ccnc(C(F)(F)F)c3)cc21)c1cccnc1. The van der Waals surface area contributed by atoms with Crippen LogP contribution in [0.25, 0.3) is 5.69 Å². The van der Waals surface area contributed by atoms with Crippen LogP contribution in [-0.4, -0.2) is 25.7 Å². The van der Waals surface area contributed by atoms with E-state index in [9.17, 15) is 18.0 Å². The molecular weight excluding hydrogens is 371 g/mol. The predicted octanol–water partition coefficient (Wildman–Crippen LogP) is 3.49. The van der Waals surface area contributed by atoms with Crippen LogP contribution in [0, 0.1) is 0 Å². The second-order valence-electron chi connectivity index (χ2n) is 6.53. The summed E-state index contributed by atoms with van der Waals surface area (Å²) in [5.41, 5.74) is 1.34. The zero-order valence-corrected chi connectivity index (χ0v) is 14.6. The number of halogens is 3. The first-order valence-electron chi connectivity index (χ1n) is 8.75. The second-order valence-corrected chi connectivity index (χ2v) is 6.53. The van der Waals surface area contributed by atoms with E-state index in [1.165, 1.54) is 16.9 Å². The molecular formula is C19H16F3N5O. The average Bonchev–Trinajstić information content (AvgIpc) is 3.13. The van der Waals surface area contributed by atoms with E-state index in [2.05, 4.69) is 20.4 Å².